The molecule has 0 aromatic rings. The van der Waals surface area contributed by atoms with Crippen molar-refractivity contribution in [1.82, 2.24) is 14.0 Å². The second kappa shape index (κ2) is 6.58. The Morgan fingerprint density at radius 3 is 1.73 bits per heavy atom. The summed E-state index contributed by atoms with van der Waals surface area (Å²) in [6.45, 7) is 0.511. The van der Waals surface area contributed by atoms with Crippen molar-refractivity contribution in [3.63, 3.8) is 0 Å². The van der Waals surface area contributed by atoms with Crippen LogP contribution in [0.4, 0.5) is 0 Å². The Morgan fingerprint density at radius 1 is 1.00 bits per heavy atom. The first-order valence-electron chi connectivity index (χ1n) is 4.64. The Morgan fingerprint density at radius 2 is 1.47 bits per heavy atom. The number of ether oxygens (including phenoxy) is 1. The van der Waals surface area contributed by atoms with E-state index in [0.717, 1.165) is 0 Å². The number of nitrogens with zero attached hydrogens (tertiary/aromatic N) is 4. The normalized spacial score (nSPS) is 12.9. The molecule has 0 amide bonds. The molecule has 0 aromatic heterocycles. The third kappa shape index (κ3) is 3.24. The van der Waals surface area contributed by atoms with Crippen LogP contribution >= 0.6 is 7.51 Å². The molecule has 0 rings (SSSR count). The summed E-state index contributed by atoms with van der Waals surface area (Å²) in [5.74, 6) is 0. The van der Waals surface area contributed by atoms with Crippen LogP contribution in [0.1, 0.15) is 0 Å². The summed E-state index contributed by atoms with van der Waals surface area (Å²) in [7, 11) is 11.2. The van der Waals surface area contributed by atoms with Gasteiger partial charge in [-0.3, -0.25) is 14.2 Å². The van der Waals surface area contributed by atoms with E-state index in [1.807, 2.05) is 35.2 Å². The summed E-state index contributed by atoms with van der Waals surface area (Å²) in [6.07, 6.45) is 0. The highest BCUT2D eigenvalue weighted by Crippen LogP contribution is 2.55. The van der Waals surface area contributed by atoms with Gasteiger partial charge in [0, 0.05) is 7.11 Å². The molecule has 0 aliphatic carbocycles. The van der Waals surface area contributed by atoms with Crippen molar-refractivity contribution in [2.45, 2.75) is 0 Å². The monoisotopic (exact) mass is 238 g/mol. The van der Waals surface area contributed by atoms with E-state index in [1.54, 1.807) is 14.2 Å². The highest BCUT2D eigenvalue weighted by atomic mass is 31.2. The van der Waals surface area contributed by atoms with Crippen LogP contribution in [0.25, 0.3) is 0 Å². The van der Waals surface area contributed by atoms with Crippen molar-refractivity contribution in [2.75, 3.05) is 56.2 Å². The Hall–Kier alpha value is 0.0300. The Labute approximate surface area is 92.9 Å². The molecule has 0 spiro atoms. The standard InChI is InChI=1S/C8H23N4O2P/c1-10(2)15(9-14-7,11(3)4)12(5)8-13-6/h8H2,1-7H3. The van der Waals surface area contributed by atoms with Crippen LogP contribution in [0.15, 0.2) is 4.91 Å². The topological polar surface area (TPSA) is 40.5 Å². The van der Waals surface area contributed by atoms with E-state index in [1.165, 1.54) is 0 Å². The summed E-state index contributed by atoms with van der Waals surface area (Å²) in [5.41, 5.74) is 0. The molecule has 0 atom stereocenters. The van der Waals surface area contributed by atoms with Gasteiger partial charge in [0.25, 0.3) is 0 Å². The largest absolute Gasteiger partial charge is 0.369 e. The van der Waals surface area contributed by atoms with Gasteiger partial charge in [-0.25, -0.2) is 4.67 Å². The Bertz CT molecular complexity index is 221. The van der Waals surface area contributed by atoms with Crippen molar-refractivity contribution in [3.05, 3.63) is 0 Å². The second-order valence-electron chi connectivity index (χ2n) is 3.57. The lowest BCUT2D eigenvalue weighted by Crippen LogP contribution is -2.34. The average Bonchev–Trinajstić information content (AvgIpc) is 2.13. The molecule has 0 aromatic carbocycles. The SMILES string of the molecule is COCN(C)P(=NOC)(N(C)C)N(C)C. The maximum atomic E-state index is 5.14. The Kier molecular flexibility index (Phi) is 6.59. The molecule has 0 saturated heterocycles. The smallest absolute Gasteiger partial charge is 0.199 e. The molecule has 15 heavy (non-hydrogen) atoms. The number of hydrogen-bond acceptors (Lipinski definition) is 3. The molecule has 6 nitrogen and oxygen atoms in total. The highest BCUT2D eigenvalue weighted by molar-refractivity contribution is 7.58. The molecule has 0 radical (unpaired) electrons. The van der Waals surface area contributed by atoms with E-state index in [4.69, 9.17) is 9.57 Å². The molecule has 0 N–H and O–H groups in total. The third-order valence-corrected chi connectivity index (χ3v) is 5.60. The zero-order chi connectivity index (χ0) is 12.1. The van der Waals surface area contributed by atoms with E-state index < -0.39 is 7.51 Å². The minimum Gasteiger partial charge on any atom is -0.369 e. The molecule has 0 aliphatic heterocycles. The van der Waals surface area contributed by atoms with Crippen molar-refractivity contribution in [2.24, 2.45) is 4.91 Å². The fourth-order valence-corrected chi connectivity index (χ4v) is 4.39. The van der Waals surface area contributed by atoms with Gasteiger partial charge in [-0.15, -0.1) is 4.91 Å². The highest BCUT2D eigenvalue weighted by Gasteiger charge is 2.31. The van der Waals surface area contributed by atoms with Crippen molar-refractivity contribution < 1.29 is 9.57 Å². The maximum Gasteiger partial charge on any atom is 0.199 e. The summed E-state index contributed by atoms with van der Waals surface area (Å²) < 4.78 is 11.3. The summed E-state index contributed by atoms with van der Waals surface area (Å²) in [6, 6.07) is 0. The van der Waals surface area contributed by atoms with Crippen LogP contribution in [0.3, 0.4) is 0 Å². The van der Waals surface area contributed by atoms with Gasteiger partial charge in [-0.05, 0) is 35.2 Å². The van der Waals surface area contributed by atoms with Gasteiger partial charge >= 0.3 is 0 Å². The Balaban J connectivity index is 5.23. The molecule has 0 fully saturated rings. The molecule has 92 valence electrons. The quantitative estimate of drug-likeness (QED) is 0.394. The minimum absolute atomic E-state index is 0.511. The fourth-order valence-electron chi connectivity index (χ4n) is 1.55. The van der Waals surface area contributed by atoms with Crippen molar-refractivity contribution >= 4 is 7.51 Å². The lowest BCUT2D eigenvalue weighted by atomic mass is 11.1. The van der Waals surface area contributed by atoms with Crippen LogP contribution in [-0.2, 0) is 9.57 Å². The van der Waals surface area contributed by atoms with Crippen molar-refractivity contribution in [1.29, 1.82) is 0 Å². The van der Waals surface area contributed by atoms with E-state index in [9.17, 15) is 0 Å². The fraction of sp³-hybridized carbons (Fsp3) is 1.00. The predicted octanol–water partition coefficient (Wildman–Crippen LogP) is 1.15. The van der Waals surface area contributed by atoms with Gasteiger partial charge in [0.1, 0.15) is 6.73 Å². The summed E-state index contributed by atoms with van der Waals surface area (Å²) in [5, 5.41) is 0. The van der Waals surface area contributed by atoms with Crippen LogP contribution in [-0.4, -0.2) is 70.2 Å². The predicted molar refractivity (Wildman–Crippen MR) is 63.4 cm³/mol. The van der Waals surface area contributed by atoms with Crippen LogP contribution < -0.4 is 0 Å². The first-order chi connectivity index (χ1) is 6.93. The van der Waals surface area contributed by atoms with E-state index in [2.05, 4.69) is 18.9 Å². The maximum absolute atomic E-state index is 5.14. The lowest BCUT2D eigenvalue weighted by molar-refractivity contribution is 0.121. The summed E-state index contributed by atoms with van der Waals surface area (Å²) >= 11 is 0. The molecule has 7 heteroatoms. The van der Waals surface area contributed by atoms with Gasteiger partial charge in [0.05, 0.1) is 7.11 Å². The number of methoxy groups -OCH3 is 1. The number of hydrogen-bond donors (Lipinski definition) is 0. The minimum atomic E-state index is -1.97. The van der Waals surface area contributed by atoms with Gasteiger partial charge in [0.2, 0.25) is 0 Å². The second-order valence-corrected chi connectivity index (χ2v) is 7.09. The number of rotatable bonds is 6. The van der Waals surface area contributed by atoms with Crippen LogP contribution in [0.5, 0.6) is 0 Å². The third-order valence-electron chi connectivity index (χ3n) is 2.04. The van der Waals surface area contributed by atoms with E-state index in [-0.39, 0.29) is 0 Å². The van der Waals surface area contributed by atoms with Crippen LogP contribution in [0, 0.1) is 0 Å². The molecule has 0 aliphatic rings. The van der Waals surface area contributed by atoms with Crippen LogP contribution in [0.2, 0.25) is 0 Å². The first kappa shape index (κ1) is 15.0. The molecule has 0 heterocycles. The van der Waals surface area contributed by atoms with Gasteiger partial charge < -0.3 is 4.74 Å². The lowest BCUT2D eigenvalue weighted by Gasteiger charge is -2.41. The van der Waals surface area contributed by atoms with Gasteiger partial charge in [-0.1, -0.05) is 0 Å². The van der Waals surface area contributed by atoms with E-state index >= 15 is 0 Å². The molecular formula is C8H23N4O2P. The summed E-state index contributed by atoms with van der Waals surface area (Å²) in [4.78, 5) is 9.27. The zero-order valence-corrected chi connectivity index (χ0v) is 11.7. The average molecular weight is 238 g/mol. The molecular weight excluding hydrogens is 215 g/mol. The van der Waals surface area contributed by atoms with E-state index in [0.29, 0.717) is 6.73 Å². The first-order valence-corrected chi connectivity index (χ1v) is 6.24. The van der Waals surface area contributed by atoms with Gasteiger partial charge in [0.15, 0.2) is 7.51 Å². The molecule has 0 saturated carbocycles. The zero-order valence-electron chi connectivity index (χ0n) is 10.8. The van der Waals surface area contributed by atoms with Crippen molar-refractivity contribution in [3.8, 4) is 0 Å². The molecule has 0 unspecified atom stereocenters. The molecule has 0 bridgehead atoms. The van der Waals surface area contributed by atoms with Gasteiger partial charge in [-0.2, -0.15) is 0 Å².